The molecule has 1 aromatic heterocycles. The molecule has 0 amide bonds. The fraction of sp³-hybridized carbons (Fsp3) is 0.188. The van der Waals surface area contributed by atoms with E-state index in [1.54, 1.807) is 30.5 Å². The Kier molecular flexibility index (Phi) is 3.72. The predicted octanol–water partition coefficient (Wildman–Crippen LogP) is 3.46. The molecule has 0 saturated carbocycles. The third kappa shape index (κ3) is 2.69. The number of hydrogen-bond acceptors (Lipinski definition) is 3. The van der Waals surface area contributed by atoms with Gasteiger partial charge >= 0.3 is 0 Å². The number of nitrogens with zero attached hydrogens (tertiary/aromatic N) is 2. The summed E-state index contributed by atoms with van der Waals surface area (Å²) in [4.78, 5) is 16.2. The van der Waals surface area contributed by atoms with Gasteiger partial charge in [0.15, 0.2) is 5.78 Å². The highest BCUT2D eigenvalue weighted by atomic mass is 16.1. The topological polar surface area (TPSA) is 53.8 Å². The lowest BCUT2D eigenvalue weighted by Gasteiger charge is -2.07. The van der Waals surface area contributed by atoms with Gasteiger partial charge in [-0.1, -0.05) is 32.0 Å². The Balaban J connectivity index is 2.50. The summed E-state index contributed by atoms with van der Waals surface area (Å²) in [6.45, 7) is 3.74. The van der Waals surface area contributed by atoms with Crippen LogP contribution in [0.25, 0.3) is 11.3 Å². The summed E-state index contributed by atoms with van der Waals surface area (Å²) in [7, 11) is 0. The first-order chi connectivity index (χ1) is 9.13. The molecule has 0 N–H and O–H groups in total. The molecule has 1 aromatic carbocycles. The summed E-state index contributed by atoms with van der Waals surface area (Å²) < 4.78 is 0. The predicted molar refractivity (Wildman–Crippen MR) is 73.6 cm³/mol. The number of carbonyl (C=O) groups is 1. The van der Waals surface area contributed by atoms with Crippen LogP contribution in [0.15, 0.2) is 42.6 Å². The summed E-state index contributed by atoms with van der Waals surface area (Å²) >= 11 is 0. The Labute approximate surface area is 112 Å². The van der Waals surface area contributed by atoms with Crippen LogP contribution in [-0.2, 0) is 0 Å². The van der Waals surface area contributed by atoms with Crippen molar-refractivity contribution in [2.75, 3.05) is 0 Å². The third-order valence-electron chi connectivity index (χ3n) is 2.87. The molecule has 3 nitrogen and oxygen atoms in total. The second-order valence-corrected chi connectivity index (χ2v) is 4.61. The number of aromatic nitrogens is 1. The van der Waals surface area contributed by atoms with E-state index in [0.717, 1.165) is 5.56 Å². The van der Waals surface area contributed by atoms with Gasteiger partial charge in [-0.3, -0.25) is 9.78 Å². The van der Waals surface area contributed by atoms with Gasteiger partial charge in [0.2, 0.25) is 0 Å². The van der Waals surface area contributed by atoms with Crippen molar-refractivity contribution in [3.05, 3.63) is 53.7 Å². The van der Waals surface area contributed by atoms with Gasteiger partial charge < -0.3 is 0 Å². The molecule has 0 fully saturated rings. The lowest BCUT2D eigenvalue weighted by Crippen LogP contribution is -2.07. The van der Waals surface area contributed by atoms with Crippen LogP contribution < -0.4 is 0 Å². The van der Waals surface area contributed by atoms with Crippen molar-refractivity contribution in [2.45, 2.75) is 13.8 Å². The van der Waals surface area contributed by atoms with Gasteiger partial charge in [0.05, 0.1) is 11.3 Å². The molecule has 0 aliphatic heterocycles. The molecule has 0 saturated heterocycles. The Bertz CT molecular complexity index is 654. The minimum atomic E-state index is -0.0468. The van der Waals surface area contributed by atoms with Crippen molar-refractivity contribution in [2.24, 2.45) is 5.92 Å². The van der Waals surface area contributed by atoms with Crippen molar-refractivity contribution in [3.63, 3.8) is 0 Å². The molecule has 19 heavy (non-hydrogen) atoms. The van der Waals surface area contributed by atoms with Crippen LogP contribution in [-0.4, -0.2) is 10.8 Å². The zero-order valence-electron chi connectivity index (χ0n) is 10.9. The normalized spacial score (nSPS) is 10.2. The molecule has 0 atom stereocenters. The highest BCUT2D eigenvalue weighted by molar-refractivity contribution is 5.98. The molecule has 0 aliphatic rings. The average Bonchev–Trinajstić information content (AvgIpc) is 2.46. The monoisotopic (exact) mass is 250 g/mol. The van der Waals surface area contributed by atoms with Crippen LogP contribution in [0.2, 0.25) is 0 Å². The molecular formula is C16H14N2O. The van der Waals surface area contributed by atoms with E-state index in [0.29, 0.717) is 16.8 Å². The van der Waals surface area contributed by atoms with Gasteiger partial charge in [0, 0.05) is 23.2 Å². The summed E-state index contributed by atoms with van der Waals surface area (Å²) in [5.74, 6) is 0.0470. The van der Waals surface area contributed by atoms with Gasteiger partial charge in [0.25, 0.3) is 0 Å². The number of carbonyl (C=O) groups excluding carboxylic acids is 1. The van der Waals surface area contributed by atoms with Gasteiger partial charge in [-0.2, -0.15) is 5.26 Å². The van der Waals surface area contributed by atoms with Gasteiger partial charge in [-0.15, -0.1) is 0 Å². The Morgan fingerprint density at radius 3 is 2.74 bits per heavy atom. The van der Waals surface area contributed by atoms with Crippen LogP contribution in [0.5, 0.6) is 0 Å². The van der Waals surface area contributed by atoms with E-state index in [9.17, 15) is 4.79 Å². The SMILES string of the molecule is CC(C)C(=O)c1cccc(-c2ncccc2C#N)c1. The van der Waals surface area contributed by atoms with Crippen molar-refractivity contribution >= 4 is 5.78 Å². The second-order valence-electron chi connectivity index (χ2n) is 4.61. The van der Waals surface area contributed by atoms with Crippen LogP contribution in [0, 0.1) is 17.2 Å². The van der Waals surface area contributed by atoms with E-state index < -0.39 is 0 Å². The Morgan fingerprint density at radius 1 is 1.26 bits per heavy atom. The van der Waals surface area contributed by atoms with Crippen LogP contribution in [0.1, 0.15) is 29.8 Å². The maximum Gasteiger partial charge on any atom is 0.165 e. The van der Waals surface area contributed by atoms with Crippen molar-refractivity contribution < 1.29 is 4.79 Å². The number of pyridine rings is 1. The number of benzene rings is 1. The molecule has 2 rings (SSSR count). The maximum absolute atomic E-state index is 12.0. The van der Waals surface area contributed by atoms with Crippen LogP contribution in [0.4, 0.5) is 0 Å². The second kappa shape index (κ2) is 5.45. The van der Waals surface area contributed by atoms with E-state index >= 15 is 0 Å². The fourth-order valence-corrected chi connectivity index (χ4v) is 1.88. The fourth-order valence-electron chi connectivity index (χ4n) is 1.88. The first kappa shape index (κ1) is 13.0. The number of hydrogen-bond donors (Lipinski definition) is 0. The number of rotatable bonds is 3. The molecule has 2 aromatic rings. The molecule has 0 spiro atoms. The maximum atomic E-state index is 12.0. The number of nitriles is 1. The zero-order valence-corrected chi connectivity index (χ0v) is 10.9. The summed E-state index contributed by atoms with van der Waals surface area (Å²) in [6, 6.07) is 12.8. The lowest BCUT2D eigenvalue weighted by atomic mass is 9.97. The Hall–Kier alpha value is -2.47. The van der Waals surface area contributed by atoms with Gasteiger partial charge in [-0.05, 0) is 18.2 Å². The average molecular weight is 250 g/mol. The number of Topliss-reactive ketones (excluding diaryl/α,β-unsaturated/α-hetero) is 1. The first-order valence-electron chi connectivity index (χ1n) is 6.13. The van der Waals surface area contributed by atoms with Crippen LogP contribution in [0.3, 0.4) is 0 Å². The van der Waals surface area contributed by atoms with E-state index in [1.807, 2.05) is 26.0 Å². The Morgan fingerprint density at radius 2 is 2.05 bits per heavy atom. The molecule has 3 heteroatoms. The summed E-state index contributed by atoms with van der Waals surface area (Å²) in [5, 5.41) is 9.09. The molecule has 0 bridgehead atoms. The first-order valence-corrected chi connectivity index (χ1v) is 6.13. The standard InChI is InChI=1S/C16H14N2O/c1-11(2)16(19)13-6-3-5-12(9-13)15-14(10-17)7-4-8-18-15/h3-9,11H,1-2H3. The van der Waals surface area contributed by atoms with Gasteiger partial charge in [-0.25, -0.2) is 0 Å². The van der Waals surface area contributed by atoms with Crippen molar-refractivity contribution in [1.29, 1.82) is 5.26 Å². The molecule has 1 heterocycles. The summed E-state index contributed by atoms with van der Waals surface area (Å²) in [5.41, 5.74) is 2.57. The minimum absolute atomic E-state index is 0.0468. The largest absolute Gasteiger partial charge is 0.294 e. The smallest absolute Gasteiger partial charge is 0.165 e. The van der Waals surface area contributed by atoms with Crippen molar-refractivity contribution in [1.82, 2.24) is 4.98 Å². The van der Waals surface area contributed by atoms with E-state index in [1.165, 1.54) is 0 Å². The minimum Gasteiger partial charge on any atom is -0.294 e. The number of ketones is 1. The highest BCUT2D eigenvalue weighted by Crippen LogP contribution is 2.22. The molecule has 0 unspecified atom stereocenters. The summed E-state index contributed by atoms with van der Waals surface area (Å²) in [6.07, 6.45) is 1.65. The molecule has 0 radical (unpaired) electrons. The van der Waals surface area contributed by atoms with E-state index in [4.69, 9.17) is 5.26 Å². The quantitative estimate of drug-likeness (QED) is 0.784. The highest BCUT2D eigenvalue weighted by Gasteiger charge is 2.12. The van der Waals surface area contributed by atoms with Gasteiger partial charge in [0.1, 0.15) is 6.07 Å². The van der Waals surface area contributed by atoms with E-state index in [-0.39, 0.29) is 11.7 Å². The van der Waals surface area contributed by atoms with E-state index in [2.05, 4.69) is 11.1 Å². The molecule has 94 valence electrons. The third-order valence-corrected chi connectivity index (χ3v) is 2.87. The molecule has 0 aliphatic carbocycles. The lowest BCUT2D eigenvalue weighted by molar-refractivity contribution is 0.0939. The molecular weight excluding hydrogens is 236 g/mol. The van der Waals surface area contributed by atoms with Crippen LogP contribution >= 0.6 is 0 Å². The van der Waals surface area contributed by atoms with Crippen molar-refractivity contribution in [3.8, 4) is 17.3 Å². The zero-order chi connectivity index (χ0) is 13.8.